The summed E-state index contributed by atoms with van der Waals surface area (Å²) < 4.78 is 28.3. The van der Waals surface area contributed by atoms with Gasteiger partial charge < -0.3 is 16.2 Å². The molecule has 0 aliphatic carbocycles. The summed E-state index contributed by atoms with van der Waals surface area (Å²) in [5.74, 6) is -0.162. The average molecular weight is 306 g/mol. The molecule has 4 N–H and O–H groups in total. The van der Waals surface area contributed by atoms with Gasteiger partial charge in [0.1, 0.15) is 5.75 Å². The van der Waals surface area contributed by atoms with Crippen LogP contribution in [0.4, 0.5) is 5.69 Å². The van der Waals surface area contributed by atoms with E-state index in [0.29, 0.717) is 5.75 Å². The fourth-order valence-electron chi connectivity index (χ4n) is 1.74. The standard InChI is InChI=1S/C14H14N2O4S/c1-21(18,19)10-7-5-9(6-8-10)20-13-11(14(16)17)3-2-4-12(13)15/h2-8H,15H2,1H3,(H2,16,17). The lowest BCUT2D eigenvalue weighted by Crippen LogP contribution is -2.13. The number of sulfone groups is 1. The Bertz CT molecular complexity index is 783. The third-order valence-corrected chi connectivity index (χ3v) is 3.91. The van der Waals surface area contributed by atoms with Crippen molar-refractivity contribution in [2.75, 3.05) is 12.0 Å². The number of carbonyl (C=O) groups is 1. The maximum Gasteiger partial charge on any atom is 0.252 e. The first kappa shape index (κ1) is 14.9. The number of para-hydroxylation sites is 1. The highest BCUT2D eigenvalue weighted by atomic mass is 32.2. The summed E-state index contributed by atoms with van der Waals surface area (Å²) in [4.78, 5) is 11.5. The number of hydrogen-bond donors (Lipinski definition) is 2. The van der Waals surface area contributed by atoms with Gasteiger partial charge in [-0.05, 0) is 36.4 Å². The van der Waals surface area contributed by atoms with Crippen LogP contribution in [0.1, 0.15) is 10.4 Å². The molecular formula is C14H14N2O4S. The Morgan fingerprint density at radius 3 is 2.24 bits per heavy atom. The molecule has 0 unspecified atom stereocenters. The maximum atomic E-state index is 11.4. The van der Waals surface area contributed by atoms with E-state index in [1.807, 2.05) is 0 Å². The van der Waals surface area contributed by atoms with Crippen LogP contribution in [-0.4, -0.2) is 20.6 Å². The Labute approximate surface area is 122 Å². The van der Waals surface area contributed by atoms with Gasteiger partial charge in [-0.15, -0.1) is 0 Å². The average Bonchev–Trinajstić information content (AvgIpc) is 2.40. The maximum absolute atomic E-state index is 11.4. The highest BCUT2D eigenvalue weighted by molar-refractivity contribution is 7.90. The third kappa shape index (κ3) is 3.32. The summed E-state index contributed by atoms with van der Waals surface area (Å²) in [6.07, 6.45) is 1.11. The number of anilines is 1. The van der Waals surface area contributed by atoms with Crippen LogP contribution in [0.25, 0.3) is 0 Å². The molecule has 0 aromatic heterocycles. The lowest BCUT2D eigenvalue weighted by molar-refractivity contribution is 0.0998. The molecule has 0 atom stereocenters. The molecule has 2 aromatic rings. The Balaban J connectivity index is 2.37. The molecule has 0 bridgehead atoms. The molecule has 21 heavy (non-hydrogen) atoms. The van der Waals surface area contributed by atoms with Gasteiger partial charge in [0.25, 0.3) is 5.91 Å². The van der Waals surface area contributed by atoms with Crippen LogP contribution >= 0.6 is 0 Å². The monoisotopic (exact) mass is 306 g/mol. The molecule has 0 saturated carbocycles. The normalized spacial score (nSPS) is 11.1. The predicted molar refractivity (Wildman–Crippen MR) is 79.0 cm³/mol. The largest absolute Gasteiger partial charge is 0.454 e. The molecule has 0 heterocycles. The van der Waals surface area contributed by atoms with Crippen molar-refractivity contribution in [3.8, 4) is 11.5 Å². The van der Waals surface area contributed by atoms with Crippen molar-refractivity contribution in [2.45, 2.75) is 4.90 Å². The zero-order valence-electron chi connectivity index (χ0n) is 11.2. The lowest BCUT2D eigenvalue weighted by Gasteiger charge is -2.12. The molecule has 2 rings (SSSR count). The Kier molecular flexibility index (Phi) is 3.86. The van der Waals surface area contributed by atoms with Crippen molar-refractivity contribution in [1.29, 1.82) is 0 Å². The Hall–Kier alpha value is -2.54. The Morgan fingerprint density at radius 1 is 1.10 bits per heavy atom. The molecule has 0 aliphatic heterocycles. The fourth-order valence-corrected chi connectivity index (χ4v) is 2.37. The fraction of sp³-hybridized carbons (Fsp3) is 0.0714. The number of primary amides is 1. The molecule has 0 fully saturated rings. The van der Waals surface area contributed by atoms with E-state index in [1.165, 1.54) is 30.3 Å². The molecule has 0 radical (unpaired) electrons. The van der Waals surface area contributed by atoms with Crippen LogP contribution in [0.5, 0.6) is 11.5 Å². The van der Waals surface area contributed by atoms with Gasteiger partial charge in [-0.2, -0.15) is 0 Å². The summed E-state index contributed by atoms with van der Waals surface area (Å²) in [7, 11) is -3.28. The molecular weight excluding hydrogens is 292 g/mol. The van der Waals surface area contributed by atoms with Crippen LogP contribution in [0.3, 0.4) is 0 Å². The van der Waals surface area contributed by atoms with E-state index in [4.69, 9.17) is 16.2 Å². The second-order valence-corrected chi connectivity index (χ2v) is 6.45. The third-order valence-electron chi connectivity index (χ3n) is 2.78. The minimum Gasteiger partial charge on any atom is -0.454 e. The summed E-state index contributed by atoms with van der Waals surface area (Å²) in [5, 5.41) is 0. The zero-order chi connectivity index (χ0) is 15.6. The van der Waals surface area contributed by atoms with E-state index in [9.17, 15) is 13.2 Å². The van der Waals surface area contributed by atoms with Crippen molar-refractivity contribution in [1.82, 2.24) is 0 Å². The van der Waals surface area contributed by atoms with Gasteiger partial charge in [0.05, 0.1) is 16.1 Å². The number of benzene rings is 2. The van der Waals surface area contributed by atoms with Gasteiger partial charge in [-0.25, -0.2) is 8.42 Å². The number of hydrogen-bond acceptors (Lipinski definition) is 5. The second-order valence-electron chi connectivity index (χ2n) is 4.43. The van der Waals surface area contributed by atoms with Crippen LogP contribution < -0.4 is 16.2 Å². The van der Waals surface area contributed by atoms with Gasteiger partial charge in [0.15, 0.2) is 15.6 Å². The first-order valence-electron chi connectivity index (χ1n) is 5.95. The molecule has 6 nitrogen and oxygen atoms in total. The molecule has 2 aromatic carbocycles. The number of nitrogen functional groups attached to an aromatic ring is 1. The van der Waals surface area contributed by atoms with E-state index in [1.54, 1.807) is 12.1 Å². The molecule has 0 spiro atoms. The van der Waals surface area contributed by atoms with E-state index < -0.39 is 15.7 Å². The highest BCUT2D eigenvalue weighted by Crippen LogP contribution is 2.31. The molecule has 0 saturated heterocycles. The SMILES string of the molecule is CS(=O)(=O)c1ccc(Oc2c(N)cccc2C(N)=O)cc1. The predicted octanol–water partition coefficient (Wildman–Crippen LogP) is 1.56. The van der Waals surface area contributed by atoms with E-state index in [0.717, 1.165) is 6.26 Å². The molecule has 7 heteroatoms. The van der Waals surface area contributed by atoms with Crippen molar-refractivity contribution in [3.63, 3.8) is 0 Å². The summed E-state index contributed by atoms with van der Waals surface area (Å²) >= 11 is 0. The number of amides is 1. The van der Waals surface area contributed by atoms with Gasteiger partial charge >= 0.3 is 0 Å². The second kappa shape index (κ2) is 5.45. The molecule has 1 amide bonds. The van der Waals surface area contributed by atoms with Crippen LogP contribution in [0.15, 0.2) is 47.4 Å². The Morgan fingerprint density at radius 2 is 1.71 bits per heavy atom. The minimum absolute atomic E-state index is 0.150. The van der Waals surface area contributed by atoms with Crippen molar-refractivity contribution in [2.24, 2.45) is 5.73 Å². The number of carbonyl (C=O) groups excluding carboxylic acids is 1. The van der Waals surface area contributed by atoms with Crippen LogP contribution in [0.2, 0.25) is 0 Å². The minimum atomic E-state index is -3.28. The molecule has 0 aliphatic rings. The van der Waals surface area contributed by atoms with E-state index in [2.05, 4.69) is 0 Å². The topological polar surface area (TPSA) is 112 Å². The van der Waals surface area contributed by atoms with Crippen molar-refractivity contribution < 1.29 is 17.9 Å². The smallest absolute Gasteiger partial charge is 0.252 e. The van der Waals surface area contributed by atoms with Gasteiger partial charge in [-0.1, -0.05) is 6.07 Å². The van der Waals surface area contributed by atoms with Gasteiger partial charge in [-0.3, -0.25) is 4.79 Å². The summed E-state index contributed by atoms with van der Waals surface area (Å²) in [6.45, 7) is 0. The molecule has 110 valence electrons. The van der Waals surface area contributed by atoms with Gasteiger partial charge in [0, 0.05) is 6.26 Å². The number of ether oxygens (including phenoxy) is 1. The number of rotatable bonds is 4. The van der Waals surface area contributed by atoms with E-state index in [-0.39, 0.29) is 21.9 Å². The quantitative estimate of drug-likeness (QED) is 0.832. The summed E-state index contributed by atoms with van der Waals surface area (Å²) in [5.41, 5.74) is 11.5. The first-order chi connectivity index (χ1) is 9.79. The van der Waals surface area contributed by atoms with Crippen molar-refractivity contribution in [3.05, 3.63) is 48.0 Å². The lowest BCUT2D eigenvalue weighted by atomic mass is 10.1. The first-order valence-corrected chi connectivity index (χ1v) is 7.84. The van der Waals surface area contributed by atoms with E-state index >= 15 is 0 Å². The number of nitrogens with two attached hydrogens (primary N) is 2. The summed E-state index contributed by atoms with van der Waals surface area (Å²) in [6, 6.07) is 10.4. The van der Waals surface area contributed by atoms with Crippen molar-refractivity contribution >= 4 is 21.4 Å². The van der Waals surface area contributed by atoms with Crippen LogP contribution in [-0.2, 0) is 9.84 Å². The highest BCUT2D eigenvalue weighted by Gasteiger charge is 2.14. The van der Waals surface area contributed by atoms with Gasteiger partial charge in [0.2, 0.25) is 0 Å². The van der Waals surface area contributed by atoms with Crippen LogP contribution in [0, 0.1) is 0 Å². The zero-order valence-corrected chi connectivity index (χ0v) is 12.1.